The Bertz CT molecular complexity index is 671. The number of hydrogen-bond donors (Lipinski definition) is 2. The molecular weight excluding hydrogens is 268 g/mol. The first-order valence-corrected chi connectivity index (χ1v) is 6.65. The first-order valence-electron chi connectivity index (χ1n) is 6.65. The molecule has 2 aromatic rings. The fraction of sp³-hybridized carbons (Fsp3) is 0.267. The van der Waals surface area contributed by atoms with Crippen molar-refractivity contribution < 1.29 is 9.53 Å². The number of nitrogens with one attached hydrogen (secondary N) is 1. The number of aromatic nitrogens is 2. The van der Waals surface area contributed by atoms with Gasteiger partial charge in [-0.25, -0.2) is 9.78 Å². The number of aryl methyl sites for hydroxylation is 2. The molecule has 6 nitrogen and oxygen atoms in total. The molecule has 0 radical (unpaired) electrons. The van der Waals surface area contributed by atoms with E-state index in [4.69, 9.17) is 10.5 Å². The molecule has 0 fully saturated rings. The minimum Gasteiger partial charge on any atom is -0.462 e. The van der Waals surface area contributed by atoms with Crippen molar-refractivity contribution in [3.8, 4) is 0 Å². The predicted molar refractivity (Wildman–Crippen MR) is 81.6 cm³/mol. The van der Waals surface area contributed by atoms with Crippen molar-refractivity contribution in [3.63, 3.8) is 0 Å². The molecule has 0 unspecified atom stereocenters. The highest BCUT2D eigenvalue weighted by atomic mass is 16.5. The highest BCUT2D eigenvalue weighted by molar-refractivity contribution is 5.98. The fourth-order valence-electron chi connectivity index (χ4n) is 1.91. The van der Waals surface area contributed by atoms with Gasteiger partial charge in [0.15, 0.2) is 5.82 Å². The second-order valence-corrected chi connectivity index (χ2v) is 4.55. The number of nitrogens with two attached hydrogens (primary N) is 1. The summed E-state index contributed by atoms with van der Waals surface area (Å²) in [6.45, 7) is 5.85. The van der Waals surface area contributed by atoms with Crippen LogP contribution in [0.2, 0.25) is 0 Å². The second kappa shape index (κ2) is 6.21. The Morgan fingerprint density at radius 2 is 2.10 bits per heavy atom. The van der Waals surface area contributed by atoms with Crippen LogP contribution in [0.4, 0.5) is 17.2 Å². The zero-order chi connectivity index (χ0) is 15.4. The van der Waals surface area contributed by atoms with Gasteiger partial charge in [0.2, 0.25) is 0 Å². The Kier molecular flexibility index (Phi) is 4.37. The minimum absolute atomic E-state index is 0.260. The summed E-state index contributed by atoms with van der Waals surface area (Å²) < 4.78 is 4.97. The molecule has 2 aromatic heterocycles. The van der Waals surface area contributed by atoms with Crippen molar-refractivity contribution in [1.82, 2.24) is 9.97 Å². The van der Waals surface area contributed by atoms with Crippen LogP contribution in [0, 0.1) is 13.8 Å². The number of carbonyl (C=O) groups is 1. The van der Waals surface area contributed by atoms with E-state index in [0.29, 0.717) is 18.0 Å². The minimum atomic E-state index is -0.459. The number of rotatable bonds is 4. The summed E-state index contributed by atoms with van der Waals surface area (Å²) in [5.74, 6) is -0.0477. The van der Waals surface area contributed by atoms with Crippen molar-refractivity contribution >= 4 is 23.2 Å². The van der Waals surface area contributed by atoms with Crippen molar-refractivity contribution in [2.45, 2.75) is 20.8 Å². The summed E-state index contributed by atoms with van der Waals surface area (Å²) in [4.78, 5) is 20.3. The van der Waals surface area contributed by atoms with Gasteiger partial charge in [-0.05, 0) is 39.0 Å². The summed E-state index contributed by atoms with van der Waals surface area (Å²) in [5, 5.41) is 3.10. The van der Waals surface area contributed by atoms with Crippen molar-refractivity contribution in [3.05, 3.63) is 41.3 Å². The molecule has 21 heavy (non-hydrogen) atoms. The maximum absolute atomic E-state index is 11.8. The molecule has 0 aliphatic rings. The van der Waals surface area contributed by atoms with Gasteiger partial charge in [-0.2, -0.15) is 0 Å². The van der Waals surface area contributed by atoms with Gasteiger partial charge in [-0.1, -0.05) is 0 Å². The molecule has 0 spiro atoms. The van der Waals surface area contributed by atoms with Crippen LogP contribution in [-0.4, -0.2) is 22.5 Å². The van der Waals surface area contributed by atoms with Gasteiger partial charge >= 0.3 is 5.97 Å². The molecule has 3 N–H and O–H groups in total. The molecule has 0 atom stereocenters. The first kappa shape index (κ1) is 14.8. The van der Waals surface area contributed by atoms with Gasteiger partial charge in [0.1, 0.15) is 0 Å². The molecule has 0 aromatic carbocycles. The Balaban J connectivity index is 2.32. The summed E-state index contributed by atoms with van der Waals surface area (Å²) in [6, 6.07) is 5.33. The first-order chi connectivity index (χ1) is 10.0. The van der Waals surface area contributed by atoms with E-state index in [1.54, 1.807) is 13.0 Å². The molecule has 0 bridgehead atoms. The van der Waals surface area contributed by atoms with Crippen LogP contribution in [-0.2, 0) is 4.74 Å². The Hall–Kier alpha value is -2.63. The lowest BCUT2D eigenvalue weighted by molar-refractivity contribution is 0.0527. The summed E-state index contributed by atoms with van der Waals surface area (Å²) >= 11 is 0. The van der Waals surface area contributed by atoms with Crippen LogP contribution in [0.3, 0.4) is 0 Å². The SMILES string of the molecule is CCOC(=O)c1ccnc(Nc2ccc(C)nc2C)c1N. The highest BCUT2D eigenvalue weighted by Gasteiger charge is 2.15. The summed E-state index contributed by atoms with van der Waals surface area (Å²) in [6.07, 6.45) is 1.52. The smallest absolute Gasteiger partial charge is 0.340 e. The lowest BCUT2D eigenvalue weighted by Gasteiger charge is -2.12. The second-order valence-electron chi connectivity index (χ2n) is 4.55. The van der Waals surface area contributed by atoms with Gasteiger partial charge in [0, 0.05) is 11.9 Å². The molecule has 6 heteroatoms. The largest absolute Gasteiger partial charge is 0.462 e. The average Bonchev–Trinajstić information content (AvgIpc) is 2.44. The summed E-state index contributed by atoms with van der Waals surface area (Å²) in [5.41, 5.74) is 9.11. The van der Waals surface area contributed by atoms with E-state index in [-0.39, 0.29) is 5.69 Å². The van der Waals surface area contributed by atoms with E-state index < -0.39 is 5.97 Å². The van der Waals surface area contributed by atoms with Gasteiger partial charge < -0.3 is 15.8 Å². The fourth-order valence-corrected chi connectivity index (χ4v) is 1.91. The lowest BCUT2D eigenvalue weighted by atomic mass is 10.2. The molecule has 0 aliphatic heterocycles. The number of ether oxygens (including phenoxy) is 1. The van der Waals surface area contributed by atoms with E-state index in [9.17, 15) is 4.79 Å². The molecule has 0 aliphatic carbocycles. The molecule has 2 rings (SSSR count). The quantitative estimate of drug-likeness (QED) is 0.840. The number of esters is 1. The zero-order valence-corrected chi connectivity index (χ0v) is 12.3. The van der Waals surface area contributed by atoms with Crippen LogP contribution < -0.4 is 11.1 Å². The Morgan fingerprint density at radius 1 is 1.33 bits per heavy atom. The van der Waals surface area contributed by atoms with Crippen LogP contribution in [0.15, 0.2) is 24.4 Å². The van der Waals surface area contributed by atoms with Crippen molar-refractivity contribution in [1.29, 1.82) is 0 Å². The number of hydrogen-bond acceptors (Lipinski definition) is 6. The van der Waals surface area contributed by atoms with Gasteiger partial charge in [-0.3, -0.25) is 4.98 Å². The average molecular weight is 286 g/mol. The molecule has 0 saturated carbocycles. The highest BCUT2D eigenvalue weighted by Crippen LogP contribution is 2.25. The topological polar surface area (TPSA) is 90.1 Å². The maximum Gasteiger partial charge on any atom is 0.340 e. The lowest BCUT2D eigenvalue weighted by Crippen LogP contribution is -2.11. The number of nitrogens with zero attached hydrogens (tertiary/aromatic N) is 2. The molecule has 2 heterocycles. The van der Waals surface area contributed by atoms with E-state index in [1.807, 2.05) is 26.0 Å². The third kappa shape index (κ3) is 3.28. The number of pyridine rings is 2. The Labute approximate surface area is 123 Å². The zero-order valence-electron chi connectivity index (χ0n) is 12.3. The van der Waals surface area contributed by atoms with E-state index >= 15 is 0 Å². The predicted octanol–water partition coefficient (Wildman–Crippen LogP) is 2.60. The number of carbonyl (C=O) groups excluding carboxylic acids is 1. The molecular formula is C15H18N4O2. The van der Waals surface area contributed by atoms with E-state index in [0.717, 1.165) is 17.1 Å². The number of nitrogen functional groups attached to an aromatic ring is 1. The van der Waals surface area contributed by atoms with Crippen LogP contribution in [0.5, 0.6) is 0 Å². The van der Waals surface area contributed by atoms with Crippen molar-refractivity contribution in [2.75, 3.05) is 17.7 Å². The third-order valence-electron chi connectivity index (χ3n) is 2.96. The van der Waals surface area contributed by atoms with Crippen molar-refractivity contribution in [2.24, 2.45) is 0 Å². The summed E-state index contributed by atoms with van der Waals surface area (Å²) in [7, 11) is 0. The van der Waals surface area contributed by atoms with Gasteiger partial charge in [0.05, 0.1) is 29.2 Å². The van der Waals surface area contributed by atoms with Gasteiger partial charge in [0.25, 0.3) is 0 Å². The van der Waals surface area contributed by atoms with Crippen LogP contribution in [0.1, 0.15) is 28.7 Å². The molecule has 0 amide bonds. The third-order valence-corrected chi connectivity index (χ3v) is 2.96. The van der Waals surface area contributed by atoms with Crippen LogP contribution in [0.25, 0.3) is 0 Å². The molecule has 110 valence electrons. The molecule has 0 saturated heterocycles. The standard InChI is InChI=1S/C15H18N4O2/c1-4-21-15(20)11-7-8-17-14(13(11)16)19-12-6-5-9(2)18-10(12)3/h5-8H,4,16H2,1-3H3,(H,17,19). The monoisotopic (exact) mass is 286 g/mol. The van der Waals surface area contributed by atoms with E-state index in [2.05, 4.69) is 15.3 Å². The number of anilines is 3. The maximum atomic E-state index is 11.8. The van der Waals surface area contributed by atoms with E-state index in [1.165, 1.54) is 6.20 Å². The van der Waals surface area contributed by atoms with Crippen LogP contribution >= 0.6 is 0 Å². The van der Waals surface area contributed by atoms with Gasteiger partial charge in [-0.15, -0.1) is 0 Å². The Morgan fingerprint density at radius 3 is 2.76 bits per heavy atom. The normalized spacial score (nSPS) is 10.2.